The van der Waals surface area contributed by atoms with Crippen molar-refractivity contribution in [1.82, 2.24) is 9.80 Å². The summed E-state index contributed by atoms with van der Waals surface area (Å²) in [5, 5.41) is 2.90. The number of piperazine rings is 1. The van der Waals surface area contributed by atoms with E-state index in [0.717, 1.165) is 0 Å². The van der Waals surface area contributed by atoms with Crippen LogP contribution in [0.1, 0.15) is 6.92 Å². The molecule has 0 atom stereocenters. The van der Waals surface area contributed by atoms with Crippen LogP contribution in [0.25, 0.3) is 0 Å². The number of halogens is 1. The molecule has 0 saturated carbocycles. The Morgan fingerprint density at radius 1 is 1.23 bits per heavy atom. The molecule has 0 spiro atoms. The van der Waals surface area contributed by atoms with Gasteiger partial charge in [0, 0.05) is 44.9 Å². The molecule has 2 rings (SSSR count). The Bertz CT molecular complexity index is 557. The predicted octanol–water partition coefficient (Wildman–Crippen LogP) is 0.937. The van der Waals surface area contributed by atoms with Gasteiger partial charge in [0.15, 0.2) is 11.6 Å². The van der Waals surface area contributed by atoms with Crippen molar-refractivity contribution in [3.63, 3.8) is 0 Å². The van der Waals surface area contributed by atoms with Gasteiger partial charge in [-0.3, -0.25) is 9.59 Å². The lowest BCUT2D eigenvalue weighted by Gasteiger charge is -2.34. The molecule has 1 aliphatic rings. The highest BCUT2D eigenvalue weighted by Crippen LogP contribution is 2.20. The van der Waals surface area contributed by atoms with Crippen molar-refractivity contribution in [3.05, 3.63) is 24.0 Å². The maximum Gasteiger partial charge on any atom is 0.241 e. The quantitative estimate of drug-likeness (QED) is 0.899. The Morgan fingerprint density at radius 3 is 2.41 bits per heavy atom. The van der Waals surface area contributed by atoms with Crippen LogP contribution in [0.3, 0.4) is 0 Å². The molecular weight excluding hydrogens is 289 g/mol. The number of hydrogen-bond acceptors (Lipinski definition) is 4. The van der Waals surface area contributed by atoms with Crippen LogP contribution < -0.4 is 10.1 Å². The Morgan fingerprint density at radius 2 is 1.86 bits per heavy atom. The van der Waals surface area contributed by atoms with Crippen LogP contribution >= 0.6 is 0 Å². The number of anilines is 1. The van der Waals surface area contributed by atoms with Gasteiger partial charge < -0.3 is 19.9 Å². The highest BCUT2D eigenvalue weighted by Gasteiger charge is 2.21. The molecule has 1 aromatic carbocycles. The van der Waals surface area contributed by atoms with Crippen molar-refractivity contribution in [2.24, 2.45) is 0 Å². The zero-order chi connectivity index (χ0) is 16.1. The molecule has 1 fully saturated rings. The Kier molecular flexibility index (Phi) is 5.19. The first kappa shape index (κ1) is 16.1. The van der Waals surface area contributed by atoms with Gasteiger partial charge in [0.05, 0.1) is 13.7 Å². The first-order valence-corrected chi connectivity index (χ1v) is 7.12. The smallest absolute Gasteiger partial charge is 0.241 e. The van der Waals surface area contributed by atoms with Gasteiger partial charge in [-0.05, 0) is 12.1 Å². The fourth-order valence-corrected chi connectivity index (χ4v) is 2.34. The number of carbonyl (C=O) groups excluding carboxylic acids is 2. The van der Waals surface area contributed by atoms with Crippen LogP contribution in [0.5, 0.6) is 5.75 Å². The molecule has 6 nitrogen and oxygen atoms in total. The second-order valence-electron chi connectivity index (χ2n) is 5.09. The number of ether oxygens (including phenoxy) is 1. The van der Waals surface area contributed by atoms with Crippen molar-refractivity contribution in [1.29, 1.82) is 0 Å². The third kappa shape index (κ3) is 3.87. The number of rotatable bonds is 4. The zero-order valence-corrected chi connectivity index (χ0v) is 12.8. The van der Waals surface area contributed by atoms with Gasteiger partial charge in [0.1, 0.15) is 0 Å². The van der Waals surface area contributed by atoms with Crippen LogP contribution in [0.15, 0.2) is 18.2 Å². The van der Waals surface area contributed by atoms with E-state index < -0.39 is 5.82 Å². The van der Waals surface area contributed by atoms with E-state index in [1.54, 1.807) is 15.9 Å². The largest absolute Gasteiger partial charge is 0.494 e. The van der Waals surface area contributed by atoms with Gasteiger partial charge in [0.25, 0.3) is 0 Å². The lowest BCUT2D eigenvalue weighted by atomic mass is 10.2. The summed E-state index contributed by atoms with van der Waals surface area (Å²) in [4.78, 5) is 26.8. The van der Waals surface area contributed by atoms with Crippen LogP contribution in [0.2, 0.25) is 0 Å². The van der Waals surface area contributed by atoms with E-state index in [-0.39, 0.29) is 24.1 Å². The molecule has 1 aromatic rings. The van der Waals surface area contributed by atoms with E-state index in [1.807, 2.05) is 0 Å². The minimum atomic E-state index is -0.477. The highest BCUT2D eigenvalue weighted by atomic mass is 19.1. The Labute approximate surface area is 128 Å². The van der Waals surface area contributed by atoms with Gasteiger partial charge >= 0.3 is 0 Å². The second-order valence-corrected chi connectivity index (χ2v) is 5.09. The number of benzene rings is 1. The molecule has 7 heteroatoms. The predicted molar refractivity (Wildman–Crippen MR) is 80.3 cm³/mol. The van der Waals surface area contributed by atoms with Crippen molar-refractivity contribution in [2.45, 2.75) is 6.92 Å². The molecule has 0 bridgehead atoms. The summed E-state index contributed by atoms with van der Waals surface area (Å²) in [7, 11) is 1.40. The monoisotopic (exact) mass is 309 g/mol. The van der Waals surface area contributed by atoms with Crippen molar-refractivity contribution in [2.75, 3.05) is 45.2 Å². The summed E-state index contributed by atoms with van der Waals surface area (Å²) in [6, 6.07) is 4.45. The standard InChI is InChI=1S/C15H20FN3O3/c1-11(20)18-5-7-19(8-6-18)15(21)10-17-12-3-4-14(22-2)13(16)9-12/h3-4,9,17H,5-8,10H2,1-2H3. The lowest BCUT2D eigenvalue weighted by molar-refractivity contribution is -0.137. The van der Waals surface area contributed by atoms with E-state index in [4.69, 9.17) is 4.74 Å². The first-order valence-electron chi connectivity index (χ1n) is 7.12. The summed E-state index contributed by atoms with van der Waals surface area (Å²) in [5.41, 5.74) is 0.522. The fourth-order valence-electron chi connectivity index (χ4n) is 2.34. The summed E-state index contributed by atoms with van der Waals surface area (Å²) < 4.78 is 18.4. The maximum absolute atomic E-state index is 13.6. The van der Waals surface area contributed by atoms with Crippen LogP contribution in [0.4, 0.5) is 10.1 Å². The normalized spacial score (nSPS) is 14.7. The topological polar surface area (TPSA) is 61.9 Å². The molecule has 2 amide bonds. The third-order valence-electron chi connectivity index (χ3n) is 3.67. The van der Waals surface area contributed by atoms with E-state index >= 15 is 0 Å². The number of carbonyl (C=O) groups is 2. The number of hydrogen-bond donors (Lipinski definition) is 1. The minimum absolute atomic E-state index is 0.0268. The van der Waals surface area contributed by atoms with Crippen molar-refractivity contribution in [3.8, 4) is 5.75 Å². The molecule has 1 saturated heterocycles. The first-order chi connectivity index (χ1) is 10.5. The molecule has 120 valence electrons. The molecular formula is C15H20FN3O3. The molecule has 1 aliphatic heterocycles. The number of nitrogens with zero attached hydrogens (tertiary/aromatic N) is 2. The van der Waals surface area contributed by atoms with Gasteiger partial charge in [-0.15, -0.1) is 0 Å². The molecule has 0 aliphatic carbocycles. The summed E-state index contributed by atoms with van der Waals surface area (Å²) in [5.74, 6) is -0.356. The minimum Gasteiger partial charge on any atom is -0.494 e. The van der Waals surface area contributed by atoms with Crippen molar-refractivity contribution >= 4 is 17.5 Å². The molecule has 1 heterocycles. The van der Waals surface area contributed by atoms with E-state index in [2.05, 4.69) is 5.32 Å². The average molecular weight is 309 g/mol. The Hall–Kier alpha value is -2.31. The van der Waals surface area contributed by atoms with Gasteiger partial charge in [-0.25, -0.2) is 4.39 Å². The molecule has 22 heavy (non-hydrogen) atoms. The van der Waals surface area contributed by atoms with Gasteiger partial charge in [0.2, 0.25) is 11.8 Å². The van der Waals surface area contributed by atoms with E-state index in [9.17, 15) is 14.0 Å². The fraction of sp³-hybridized carbons (Fsp3) is 0.467. The molecule has 1 N–H and O–H groups in total. The SMILES string of the molecule is COc1ccc(NCC(=O)N2CCN(C(C)=O)CC2)cc1F. The van der Waals surface area contributed by atoms with Crippen LogP contribution in [0, 0.1) is 5.82 Å². The molecule has 0 radical (unpaired) electrons. The highest BCUT2D eigenvalue weighted by molar-refractivity contribution is 5.81. The molecule has 0 unspecified atom stereocenters. The lowest BCUT2D eigenvalue weighted by Crippen LogP contribution is -2.51. The maximum atomic E-state index is 13.6. The second kappa shape index (κ2) is 7.11. The number of nitrogens with one attached hydrogen (secondary N) is 1. The van der Waals surface area contributed by atoms with Crippen molar-refractivity contribution < 1.29 is 18.7 Å². The third-order valence-corrected chi connectivity index (χ3v) is 3.67. The zero-order valence-electron chi connectivity index (χ0n) is 12.8. The van der Waals surface area contributed by atoms with Gasteiger partial charge in [-0.2, -0.15) is 0 Å². The average Bonchev–Trinajstić information content (AvgIpc) is 2.52. The van der Waals surface area contributed by atoms with E-state index in [0.29, 0.717) is 31.9 Å². The Balaban J connectivity index is 1.83. The number of amides is 2. The van der Waals surface area contributed by atoms with Crippen LogP contribution in [-0.4, -0.2) is 61.4 Å². The summed E-state index contributed by atoms with van der Waals surface area (Å²) in [6.07, 6.45) is 0. The number of methoxy groups -OCH3 is 1. The summed E-state index contributed by atoms with van der Waals surface area (Å²) >= 11 is 0. The van der Waals surface area contributed by atoms with Crippen LogP contribution in [-0.2, 0) is 9.59 Å². The molecule has 0 aromatic heterocycles. The summed E-state index contributed by atoms with van der Waals surface area (Å²) in [6.45, 7) is 3.77. The van der Waals surface area contributed by atoms with E-state index in [1.165, 1.54) is 26.2 Å². The van der Waals surface area contributed by atoms with Gasteiger partial charge in [-0.1, -0.05) is 0 Å².